The Kier molecular flexibility index (Phi) is 4.37. The third kappa shape index (κ3) is 3.36. The lowest BCUT2D eigenvalue weighted by molar-refractivity contribution is 0.0544. The summed E-state index contributed by atoms with van der Waals surface area (Å²) in [5, 5.41) is 9.81. The predicted octanol–water partition coefficient (Wildman–Crippen LogP) is 3.40. The van der Waals surface area contributed by atoms with Crippen LogP contribution in [0.15, 0.2) is 35.8 Å². The Morgan fingerprint density at radius 2 is 1.96 bits per heavy atom. The number of rotatable bonds is 3. The smallest absolute Gasteiger partial charge is 0.419 e. The number of thiazole rings is 1. The number of benzene rings is 1. The third-order valence-electron chi connectivity index (χ3n) is 3.52. The lowest BCUT2D eigenvalue weighted by Gasteiger charge is -2.19. The first kappa shape index (κ1) is 17.8. The minimum atomic E-state index is -0.654. The van der Waals surface area contributed by atoms with Crippen molar-refractivity contribution in [3.63, 3.8) is 0 Å². The molecular weight excluding hydrogens is 352 g/mol. The average molecular weight is 370 g/mol. The number of amidine groups is 1. The van der Waals surface area contributed by atoms with Gasteiger partial charge >= 0.3 is 6.09 Å². The molecular formula is C18H18N4O3S. The molecule has 0 radical (unpaired) electrons. The topological polar surface area (TPSA) is 111 Å². The molecule has 2 aromatic heterocycles. The van der Waals surface area contributed by atoms with Crippen LogP contribution in [0.1, 0.15) is 41.8 Å². The molecule has 2 heterocycles. The first-order valence-corrected chi connectivity index (χ1v) is 8.73. The first-order valence-electron chi connectivity index (χ1n) is 7.85. The van der Waals surface area contributed by atoms with Crippen molar-refractivity contribution in [1.82, 2.24) is 9.55 Å². The Hall–Kier alpha value is -3.00. The van der Waals surface area contributed by atoms with Crippen LogP contribution >= 0.6 is 11.3 Å². The molecule has 7 nitrogen and oxygen atoms in total. The van der Waals surface area contributed by atoms with Crippen molar-refractivity contribution < 1.29 is 14.3 Å². The summed E-state index contributed by atoms with van der Waals surface area (Å²) in [6.07, 6.45) is 0.909. The number of nitrogens with one attached hydrogen (secondary N) is 1. The van der Waals surface area contributed by atoms with Gasteiger partial charge in [0.05, 0.1) is 11.1 Å². The highest BCUT2D eigenvalue weighted by Gasteiger charge is 2.24. The lowest BCUT2D eigenvalue weighted by Crippen LogP contribution is -2.26. The zero-order chi connectivity index (χ0) is 19.1. The van der Waals surface area contributed by atoms with Crippen LogP contribution < -0.4 is 5.73 Å². The summed E-state index contributed by atoms with van der Waals surface area (Å²) in [5.74, 6) is -0.530. The molecule has 3 N–H and O–H groups in total. The molecule has 0 atom stereocenters. The van der Waals surface area contributed by atoms with Gasteiger partial charge in [-0.3, -0.25) is 14.8 Å². The van der Waals surface area contributed by atoms with E-state index >= 15 is 0 Å². The number of carbonyl (C=O) groups is 2. The standard InChI is InChI=1S/C18H18N4O3S/c1-18(2,3)25-17(24)22-8-11(10-6-4-5-7-13(10)22)14(23)16-21-12(9-26-16)15(19)20/h4-9H,1-3H3,(H3,19,20). The maximum Gasteiger partial charge on any atom is 0.419 e. The summed E-state index contributed by atoms with van der Waals surface area (Å²) in [4.78, 5) is 29.5. The summed E-state index contributed by atoms with van der Waals surface area (Å²) in [6, 6.07) is 7.10. The summed E-state index contributed by atoms with van der Waals surface area (Å²) in [6.45, 7) is 5.34. The average Bonchev–Trinajstić information content (AvgIpc) is 3.18. The molecule has 0 aliphatic carbocycles. The summed E-state index contributed by atoms with van der Waals surface area (Å²) in [7, 11) is 0. The highest BCUT2D eigenvalue weighted by Crippen LogP contribution is 2.26. The fourth-order valence-electron chi connectivity index (χ4n) is 2.44. The van der Waals surface area contributed by atoms with Gasteiger partial charge < -0.3 is 10.5 Å². The summed E-state index contributed by atoms with van der Waals surface area (Å²) in [5.41, 5.74) is 5.93. The largest absolute Gasteiger partial charge is 0.443 e. The van der Waals surface area contributed by atoms with Gasteiger partial charge in [-0.15, -0.1) is 11.3 Å². The first-order chi connectivity index (χ1) is 12.2. The van der Waals surface area contributed by atoms with Gasteiger partial charge in [0.1, 0.15) is 17.1 Å². The van der Waals surface area contributed by atoms with Crippen LogP contribution in [-0.2, 0) is 4.74 Å². The van der Waals surface area contributed by atoms with Crippen molar-refractivity contribution in [2.45, 2.75) is 26.4 Å². The van der Waals surface area contributed by atoms with Crippen LogP contribution in [0.4, 0.5) is 4.79 Å². The number of hydrogen-bond acceptors (Lipinski definition) is 6. The lowest BCUT2D eigenvalue weighted by atomic mass is 10.1. The van der Waals surface area contributed by atoms with Gasteiger partial charge in [0.25, 0.3) is 0 Å². The molecule has 0 saturated heterocycles. The molecule has 0 spiro atoms. The zero-order valence-corrected chi connectivity index (χ0v) is 15.4. The number of ketones is 1. The van der Waals surface area contributed by atoms with Gasteiger partial charge in [0.15, 0.2) is 5.01 Å². The van der Waals surface area contributed by atoms with Gasteiger partial charge in [0, 0.05) is 17.0 Å². The molecule has 0 fully saturated rings. The number of fused-ring (bicyclic) bond motifs is 1. The molecule has 8 heteroatoms. The second-order valence-corrected chi connectivity index (χ2v) is 7.55. The van der Waals surface area contributed by atoms with Gasteiger partial charge in [-0.1, -0.05) is 18.2 Å². The normalized spacial score (nSPS) is 11.5. The van der Waals surface area contributed by atoms with E-state index in [0.717, 1.165) is 11.3 Å². The second-order valence-electron chi connectivity index (χ2n) is 6.69. The van der Waals surface area contributed by atoms with Gasteiger partial charge in [-0.2, -0.15) is 0 Å². The minimum absolute atomic E-state index is 0.198. The number of hydrogen-bond donors (Lipinski definition) is 2. The van der Waals surface area contributed by atoms with E-state index in [9.17, 15) is 9.59 Å². The molecule has 0 unspecified atom stereocenters. The van der Waals surface area contributed by atoms with Crippen LogP contribution in [0, 0.1) is 5.41 Å². The summed E-state index contributed by atoms with van der Waals surface area (Å²) >= 11 is 1.11. The number of nitrogens with zero attached hydrogens (tertiary/aromatic N) is 2. The Morgan fingerprint density at radius 1 is 1.27 bits per heavy atom. The Bertz CT molecular complexity index is 1030. The quantitative estimate of drug-likeness (QED) is 0.417. The van der Waals surface area contributed by atoms with Crippen molar-refractivity contribution in [2.75, 3.05) is 0 Å². The van der Waals surface area contributed by atoms with Gasteiger partial charge in [0.2, 0.25) is 5.78 Å². The molecule has 26 heavy (non-hydrogen) atoms. The number of ether oxygens (including phenoxy) is 1. The van der Waals surface area contributed by atoms with Crippen LogP contribution in [-0.4, -0.2) is 32.9 Å². The fraction of sp³-hybridized carbons (Fsp3) is 0.222. The van der Waals surface area contributed by atoms with E-state index in [2.05, 4.69) is 4.98 Å². The van der Waals surface area contributed by atoms with Crippen molar-refractivity contribution >= 4 is 40.0 Å². The van der Waals surface area contributed by atoms with Crippen molar-refractivity contribution in [3.05, 3.63) is 52.1 Å². The Labute approximate surface area is 153 Å². The number of para-hydroxylation sites is 1. The second kappa shape index (κ2) is 6.38. The number of carbonyl (C=O) groups excluding carboxylic acids is 2. The molecule has 134 valence electrons. The van der Waals surface area contributed by atoms with Gasteiger partial charge in [-0.05, 0) is 26.8 Å². The maximum absolute atomic E-state index is 12.9. The molecule has 1 aromatic carbocycles. The highest BCUT2D eigenvalue weighted by molar-refractivity contribution is 7.12. The number of nitrogens with two attached hydrogens (primary N) is 1. The molecule has 3 aromatic rings. The SMILES string of the molecule is CC(C)(C)OC(=O)n1cc(C(=O)c2nc(C(=N)N)cs2)c2ccccc21. The van der Waals surface area contributed by atoms with Crippen LogP contribution in [0.3, 0.4) is 0 Å². The Morgan fingerprint density at radius 3 is 2.58 bits per heavy atom. The van der Waals surface area contributed by atoms with Crippen LogP contribution in [0.25, 0.3) is 10.9 Å². The van der Waals surface area contributed by atoms with E-state index in [4.69, 9.17) is 15.9 Å². The van der Waals surface area contributed by atoms with E-state index in [1.165, 1.54) is 10.8 Å². The number of aromatic nitrogens is 2. The highest BCUT2D eigenvalue weighted by atomic mass is 32.1. The number of nitrogen functional groups attached to an aromatic ring is 1. The predicted molar refractivity (Wildman–Crippen MR) is 100 cm³/mol. The Balaban J connectivity index is 2.07. The van der Waals surface area contributed by atoms with Crippen LogP contribution in [0.5, 0.6) is 0 Å². The molecule has 0 amide bonds. The fourth-order valence-corrected chi connectivity index (χ4v) is 3.21. The third-order valence-corrected chi connectivity index (χ3v) is 4.36. The molecule has 0 aliphatic rings. The molecule has 0 aliphatic heterocycles. The molecule has 3 rings (SSSR count). The monoisotopic (exact) mass is 370 g/mol. The van der Waals surface area contributed by atoms with E-state index in [1.54, 1.807) is 50.4 Å². The van der Waals surface area contributed by atoms with E-state index in [1.807, 2.05) is 0 Å². The van der Waals surface area contributed by atoms with Gasteiger partial charge in [-0.25, -0.2) is 9.78 Å². The van der Waals surface area contributed by atoms with Crippen molar-refractivity contribution in [2.24, 2.45) is 5.73 Å². The van der Waals surface area contributed by atoms with Crippen molar-refractivity contribution in [3.8, 4) is 0 Å². The molecule has 0 saturated carbocycles. The van der Waals surface area contributed by atoms with E-state index in [-0.39, 0.29) is 22.3 Å². The summed E-state index contributed by atoms with van der Waals surface area (Å²) < 4.78 is 6.75. The van der Waals surface area contributed by atoms with Crippen LogP contribution in [0.2, 0.25) is 0 Å². The molecule has 0 bridgehead atoms. The van der Waals surface area contributed by atoms with E-state index < -0.39 is 11.7 Å². The maximum atomic E-state index is 12.9. The van der Waals surface area contributed by atoms with Crippen molar-refractivity contribution in [1.29, 1.82) is 5.41 Å². The minimum Gasteiger partial charge on any atom is -0.443 e. The zero-order valence-electron chi connectivity index (χ0n) is 14.6. The van der Waals surface area contributed by atoms with E-state index in [0.29, 0.717) is 16.5 Å².